The molecule has 0 atom stereocenters. The molecule has 2 aromatic carbocycles. The maximum atomic E-state index is 13.7. The van der Waals surface area contributed by atoms with E-state index in [9.17, 15) is 9.18 Å². The highest BCUT2D eigenvalue weighted by Crippen LogP contribution is 2.32. The number of hydrogen-bond acceptors (Lipinski definition) is 3. The fraction of sp³-hybridized carbons (Fsp3) is 0.185. The van der Waals surface area contributed by atoms with Gasteiger partial charge in [0.1, 0.15) is 11.0 Å². The Morgan fingerprint density at radius 3 is 2.83 bits per heavy atom. The van der Waals surface area contributed by atoms with E-state index in [4.69, 9.17) is 23.2 Å². The first kappa shape index (κ1) is 25.0. The summed E-state index contributed by atoms with van der Waals surface area (Å²) in [5, 5.41) is 4.99. The van der Waals surface area contributed by atoms with Crippen molar-refractivity contribution in [2.75, 3.05) is 13.1 Å². The minimum absolute atomic E-state index is 0.193. The first-order chi connectivity index (χ1) is 17.4. The summed E-state index contributed by atoms with van der Waals surface area (Å²) >= 11 is 15.6. The van der Waals surface area contributed by atoms with Gasteiger partial charge in [-0.3, -0.25) is 9.47 Å². The van der Waals surface area contributed by atoms with Crippen molar-refractivity contribution in [1.29, 1.82) is 0 Å². The molecular formula is C27H22BrCl2FN4O. The van der Waals surface area contributed by atoms with Crippen LogP contribution in [-0.4, -0.2) is 33.6 Å². The number of nitrogens with one attached hydrogen (secondary N) is 1. The Bertz CT molecular complexity index is 1470. The van der Waals surface area contributed by atoms with Gasteiger partial charge in [-0.2, -0.15) is 0 Å². The number of aromatic nitrogens is 2. The van der Waals surface area contributed by atoms with Gasteiger partial charge in [0, 0.05) is 59.4 Å². The molecule has 5 rings (SSSR count). The van der Waals surface area contributed by atoms with Gasteiger partial charge in [0.2, 0.25) is 0 Å². The van der Waals surface area contributed by atoms with E-state index in [0.29, 0.717) is 34.3 Å². The molecule has 1 aliphatic rings. The zero-order chi connectivity index (χ0) is 25.2. The van der Waals surface area contributed by atoms with Crippen molar-refractivity contribution in [2.45, 2.75) is 19.5 Å². The number of halogens is 4. The molecule has 0 bridgehead atoms. The van der Waals surface area contributed by atoms with Crippen molar-refractivity contribution in [1.82, 2.24) is 19.8 Å². The summed E-state index contributed by atoms with van der Waals surface area (Å²) in [5.41, 5.74) is 4.60. The van der Waals surface area contributed by atoms with Crippen LogP contribution in [0.2, 0.25) is 10.2 Å². The molecule has 9 heteroatoms. The number of rotatable bonds is 5. The molecule has 1 aliphatic heterocycles. The van der Waals surface area contributed by atoms with Crippen molar-refractivity contribution in [3.8, 4) is 0 Å². The third-order valence-corrected chi connectivity index (χ3v) is 7.09. The fourth-order valence-electron chi connectivity index (χ4n) is 4.59. The number of carbonyl (C=O) groups excluding carboxylic acids is 1. The van der Waals surface area contributed by atoms with Gasteiger partial charge in [0.05, 0.1) is 5.52 Å². The molecule has 0 saturated heterocycles. The molecule has 4 aromatic rings. The number of hydrogen-bond donors (Lipinski definition) is 1. The predicted octanol–water partition coefficient (Wildman–Crippen LogP) is 7.07. The number of benzene rings is 2. The number of fused-ring (bicyclic) bond motifs is 3. The smallest absolute Gasteiger partial charge is 0.326 e. The van der Waals surface area contributed by atoms with E-state index in [0.717, 1.165) is 46.3 Å². The lowest BCUT2D eigenvalue weighted by atomic mass is 10.0. The van der Waals surface area contributed by atoms with Crippen LogP contribution >= 0.6 is 39.1 Å². The van der Waals surface area contributed by atoms with Crippen LogP contribution in [-0.2, 0) is 19.5 Å². The molecule has 0 aliphatic carbocycles. The van der Waals surface area contributed by atoms with Crippen molar-refractivity contribution in [2.24, 2.45) is 0 Å². The van der Waals surface area contributed by atoms with E-state index in [-0.39, 0.29) is 11.8 Å². The van der Waals surface area contributed by atoms with Crippen LogP contribution in [0.3, 0.4) is 0 Å². The van der Waals surface area contributed by atoms with E-state index < -0.39 is 0 Å². The topological polar surface area (TPSA) is 50.2 Å². The molecule has 0 unspecified atom stereocenters. The van der Waals surface area contributed by atoms with Crippen LogP contribution in [0.4, 0.5) is 9.18 Å². The van der Waals surface area contributed by atoms with Gasteiger partial charge >= 0.3 is 6.03 Å². The van der Waals surface area contributed by atoms with E-state index >= 15 is 0 Å². The van der Waals surface area contributed by atoms with Gasteiger partial charge in [-0.15, -0.1) is 0 Å². The third-order valence-electron chi connectivity index (χ3n) is 6.19. The highest BCUT2D eigenvalue weighted by atomic mass is 79.9. The van der Waals surface area contributed by atoms with Gasteiger partial charge in [0.25, 0.3) is 0 Å². The Kier molecular flexibility index (Phi) is 7.44. The molecule has 0 saturated carbocycles. The Morgan fingerprint density at radius 2 is 2.03 bits per heavy atom. The Balaban J connectivity index is 1.37. The Hall–Kier alpha value is -2.71. The number of nitrogens with zero attached hydrogens (tertiary/aromatic N) is 3. The summed E-state index contributed by atoms with van der Waals surface area (Å²) in [6, 6.07) is 13.8. The lowest BCUT2D eigenvalue weighted by Gasteiger charge is -2.27. The lowest BCUT2D eigenvalue weighted by Crippen LogP contribution is -2.34. The van der Waals surface area contributed by atoms with Crippen LogP contribution in [0.5, 0.6) is 0 Å². The Morgan fingerprint density at radius 1 is 1.17 bits per heavy atom. The van der Waals surface area contributed by atoms with Gasteiger partial charge in [-0.1, -0.05) is 51.3 Å². The average molecular weight is 588 g/mol. The minimum atomic E-state index is -0.276. The molecule has 0 radical (unpaired) electrons. The highest BCUT2D eigenvalue weighted by molar-refractivity contribution is 9.10. The SMILES string of the molecule is O=C(NCc1ccnc(Cl)c1)n1c2c(c3cc(Cl)ccc31)CN(CC=Cc1cc(F)cc(Br)c1)CC2. The van der Waals surface area contributed by atoms with Gasteiger partial charge in [-0.25, -0.2) is 14.2 Å². The monoisotopic (exact) mass is 586 g/mol. The second-order valence-corrected chi connectivity index (χ2v) is 10.4. The summed E-state index contributed by atoms with van der Waals surface area (Å²) in [4.78, 5) is 19.6. The molecule has 5 nitrogen and oxygen atoms in total. The van der Waals surface area contributed by atoms with Gasteiger partial charge < -0.3 is 5.32 Å². The third kappa shape index (κ3) is 5.49. The van der Waals surface area contributed by atoms with Gasteiger partial charge in [-0.05, 0) is 65.2 Å². The van der Waals surface area contributed by atoms with Crippen LogP contribution in [0.1, 0.15) is 22.4 Å². The molecule has 0 fully saturated rings. The summed E-state index contributed by atoms with van der Waals surface area (Å²) in [7, 11) is 0. The van der Waals surface area contributed by atoms with Crippen molar-refractivity contribution in [3.63, 3.8) is 0 Å². The molecule has 1 N–H and O–H groups in total. The van der Waals surface area contributed by atoms with Crippen molar-refractivity contribution in [3.05, 3.63) is 104 Å². The largest absolute Gasteiger partial charge is 0.333 e. The minimum Gasteiger partial charge on any atom is -0.333 e. The van der Waals surface area contributed by atoms with E-state index in [1.54, 1.807) is 22.9 Å². The first-order valence-electron chi connectivity index (χ1n) is 11.4. The number of pyridine rings is 1. The zero-order valence-electron chi connectivity index (χ0n) is 19.1. The molecule has 0 spiro atoms. The van der Waals surface area contributed by atoms with Crippen LogP contribution < -0.4 is 5.32 Å². The molecule has 36 heavy (non-hydrogen) atoms. The maximum absolute atomic E-state index is 13.7. The molecular weight excluding hydrogens is 566 g/mol. The Labute approximate surface area is 226 Å². The average Bonchev–Trinajstić information content (AvgIpc) is 3.15. The molecule has 2 aromatic heterocycles. The van der Waals surface area contributed by atoms with E-state index in [1.165, 1.54) is 12.1 Å². The van der Waals surface area contributed by atoms with Crippen LogP contribution in [0.15, 0.2) is 65.3 Å². The highest BCUT2D eigenvalue weighted by Gasteiger charge is 2.26. The van der Waals surface area contributed by atoms with Crippen molar-refractivity contribution >= 4 is 62.1 Å². The van der Waals surface area contributed by atoms with Gasteiger partial charge in [0.15, 0.2) is 0 Å². The predicted molar refractivity (Wildman–Crippen MR) is 146 cm³/mol. The van der Waals surface area contributed by atoms with E-state index in [2.05, 4.69) is 31.1 Å². The summed E-state index contributed by atoms with van der Waals surface area (Å²) in [6.45, 7) is 2.52. The van der Waals surface area contributed by atoms with Crippen LogP contribution in [0.25, 0.3) is 17.0 Å². The quantitative estimate of drug-likeness (QED) is 0.254. The number of carbonyl (C=O) groups is 1. The second kappa shape index (κ2) is 10.7. The van der Waals surface area contributed by atoms with Crippen molar-refractivity contribution < 1.29 is 9.18 Å². The fourth-order valence-corrected chi connectivity index (χ4v) is 5.44. The normalized spacial score (nSPS) is 13.9. The summed E-state index contributed by atoms with van der Waals surface area (Å²) < 4.78 is 16.1. The summed E-state index contributed by atoms with van der Waals surface area (Å²) in [5.74, 6) is -0.276. The maximum Gasteiger partial charge on any atom is 0.326 e. The lowest BCUT2D eigenvalue weighted by molar-refractivity contribution is 0.240. The summed E-state index contributed by atoms with van der Waals surface area (Å²) in [6.07, 6.45) is 6.29. The number of amides is 1. The molecule has 1 amide bonds. The van der Waals surface area contributed by atoms with E-state index in [1.807, 2.05) is 36.4 Å². The first-order valence-corrected chi connectivity index (χ1v) is 13.0. The van der Waals surface area contributed by atoms with Crippen LogP contribution in [0, 0.1) is 5.82 Å². The zero-order valence-corrected chi connectivity index (χ0v) is 22.2. The standard InChI is InChI=1S/C27H22BrCl2FN4O/c28-19-10-17(11-21(31)13-19)2-1-8-34-9-6-25-23(16-34)22-14-20(29)3-4-24(22)35(25)27(36)33-15-18-5-7-32-26(30)12-18/h1-5,7,10-14H,6,8-9,15-16H2,(H,33,36). The molecule has 184 valence electrons. The second-order valence-electron chi connectivity index (χ2n) is 8.66. The molecule has 3 heterocycles.